The van der Waals surface area contributed by atoms with Gasteiger partial charge in [-0.3, -0.25) is 0 Å². The lowest BCUT2D eigenvalue weighted by Gasteiger charge is -2.25. The van der Waals surface area contributed by atoms with Crippen LogP contribution in [0.25, 0.3) is 0 Å². The van der Waals surface area contributed by atoms with E-state index < -0.39 is 5.51 Å². The summed E-state index contributed by atoms with van der Waals surface area (Å²) in [5, 5.41) is 3.34. The van der Waals surface area contributed by atoms with E-state index in [0.717, 1.165) is 24.6 Å². The summed E-state index contributed by atoms with van der Waals surface area (Å²) in [7, 11) is 0. The van der Waals surface area contributed by atoms with Gasteiger partial charge < -0.3 is 5.32 Å². The van der Waals surface area contributed by atoms with Crippen molar-refractivity contribution >= 4 is 11.8 Å². The molecule has 1 aliphatic rings. The van der Waals surface area contributed by atoms with Crippen molar-refractivity contribution in [2.24, 2.45) is 5.92 Å². The Morgan fingerprint density at radius 2 is 1.84 bits per heavy atom. The summed E-state index contributed by atoms with van der Waals surface area (Å²) in [6.45, 7) is 1.72. The summed E-state index contributed by atoms with van der Waals surface area (Å²) in [4.78, 5) is 0.241. The van der Waals surface area contributed by atoms with Crippen LogP contribution in [0.1, 0.15) is 31.2 Å². The van der Waals surface area contributed by atoms with Crippen molar-refractivity contribution in [1.82, 2.24) is 5.32 Å². The van der Waals surface area contributed by atoms with Gasteiger partial charge in [0.05, 0.1) is 0 Å². The van der Waals surface area contributed by atoms with Gasteiger partial charge in [-0.25, -0.2) is 0 Å². The molecule has 1 fully saturated rings. The predicted molar refractivity (Wildman–Crippen MR) is 72.0 cm³/mol. The van der Waals surface area contributed by atoms with Crippen molar-refractivity contribution in [3.8, 4) is 0 Å². The lowest BCUT2D eigenvalue weighted by Crippen LogP contribution is -2.21. The van der Waals surface area contributed by atoms with Gasteiger partial charge in [0.2, 0.25) is 0 Å². The molecule has 19 heavy (non-hydrogen) atoms. The molecular weight excluding hydrogens is 271 g/mol. The van der Waals surface area contributed by atoms with Crippen LogP contribution in [0.3, 0.4) is 0 Å². The molecule has 1 aromatic carbocycles. The molecule has 5 heteroatoms. The molecule has 0 saturated heterocycles. The molecule has 0 spiro atoms. The van der Waals surface area contributed by atoms with Crippen LogP contribution < -0.4 is 5.32 Å². The highest BCUT2D eigenvalue weighted by Crippen LogP contribution is 2.36. The minimum atomic E-state index is -4.21. The Bertz CT molecular complexity index is 385. The Morgan fingerprint density at radius 3 is 2.37 bits per heavy atom. The second kappa shape index (κ2) is 6.66. The van der Waals surface area contributed by atoms with Crippen LogP contribution in [0.4, 0.5) is 13.2 Å². The van der Waals surface area contributed by atoms with Crippen molar-refractivity contribution < 1.29 is 13.2 Å². The first-order chi connectivity index (χ1) is 9.03. The van der Waals surface area contributed by atoms with E-state index in [1.54, 1.807) is 12.1 Å². The molecule has 0 amide bonds. The van der Waals surface area contributed by atoms with Crippen molar-refractivity contribution in [2.45, 2.75) is 42.6 Å². The number of nitrogens with one attached hydrogen (secondary N) is 1. The topological polar surface area (TPSA) is 12.0 Å². The first kappa shape index (κ1) is 14.7. The SMILES string of the molecule is FC(F)(F)Sc1ccc(CNCCC2CCC2)cc1. The van der Waals surface area contributed by atoms with Crippen LogP contribution >= 0.6 is 11.8 Å². The second-order valence-electron chi connectivity index (χ2n) is 4.95. The van der Waals surface area contributed by atoms with Crippen LogP contribution in [0.2, 0.25) is 0 Å². The van der Waals surface area contributed by atoms with E-state index >= 15 is 0 Å². The molecule has 0 atom stereocenters. The Morgan fingerprint density at radius 1 is 1.16 bits per heavy atom. The first-order valence-electron chi connectivity index (χ1n) is 6.58. The number of hydrogen-bond donors (Lipinski definition) is 1. The molecule has 1 N–H and O–H groups in total. The summed E-state index contributed by atoms with van der Waals surface area (Å²) in [6.07, 6.45) is 5.28. The van der Waals surface area contributed by atoms with Crippen LogP contribution in [-0.2, 0) is 6.54 Å². The molecule has 0 unspecified atom stereocenters. The summed E-state index contributed by atoms with van der Waals surface area (Å²) in [6, 6.07) is 6.57. The van der Waals surface area contributed by atoms with E-state index in [1.807, 2.05) is 0 Å². The van der Waals surface area contributed by atoms with Crippen molar-refractivity contribution in [3.63, 3.8) is 0 Å². The monoisotopic (exact) mass is 289 g/mol. The van der Waals surface area contributed by atoms with Gasteiger partial charge in [0.1, 0.15) is 0 Å². The average Bonchev–Trinajstić information content (AvgIpc) is 2.26. The Balaban J connectivity index is 1.69. The number of hydrogen-bond acceptors (Lipinski definition) is 2. The zero-order valence-electron chi connectivity index (χ0n) is 10.7. The Labute approximate surface area is 116 Å². The number of halogens is 3. The van der Waals surface area contributed by atoms with E-state index in [4.69, 9.17) is 0 Å². The zero-order chi connectivity index (χ0) is 13.7. The van der Waals surface area contributed by atoms with Gasteiger partial charge in [-0.05, 0) is 48.3 Å². The summed E-state index contributed by atoms with van der Waals surface area (Å²) >= 11 is -0.0681. The normalized spacial score (nSPS) is 16.4. The number of benzene rings is 1. The maximum Gasteiger partial charge on any atom is 0.446 e. The molecular formula is C14H18F3NS. The van der Waals surface area contributed by atoms with Crippen molar-refractivity contribution in [3.05, 3.63) is 29.8 Å². The number of thioether (sulfide) groups is 1. The maximum atomic E-state index is 12.2. The molecule has 0 heterocycles. The van der Waals surface area contributed by atoms with Gasteiger partial charge in [-0.2, -0.15) is 13.2 Å². The molecule has 1 aliphatic carbocycles. The molecule has 106 valence electrons. The van der Waals surface area contributed by atoms with Crippen LogP contribution in [0.15, 0.2) is 29.2 Å². The standard InChI is InChI=1S/C14H18F3NS/c15-14(16,17)19-13-6-4-12(5-7-13)10-18-9-8-11-2-1-3-11/h4-7,11,18H,1-3,8-10H2. The summed E-state index contributed by atoms with van der Waals surface area (Å²) in [5.74, 6) is 0.887. The Hall–Kier alpha value is -0.680. The molecule has 0 bridgehead atoms. The summed E-state index contributed by atoms with van der Waals surface area (Å²) < 4.78 is 36.5. The third-order valence-electron chi connectivity index (χ3n) is 3.44. The van der Waals surface area contributed by atoms with E-state index in [1.165, 1.54) is 37.8 Å². The summed E-state index contributed by atoms with van der Waals surface area (Å²) in [5.41, 5.74) is -3.18. The molecule has 1 saturated carbocycles. The van der Waals surface area contributed by atoms with Gasteiger partial charge in [0.25, 0.3) is 0 Å². The fourth-order valence-electron chi connectivity index (χ4n) is 2.13. The molecule has 0 aliphatic heterocycles. The van der Waals surface area contributed by atoms with E-state index in [-0.39, 0.29) is 16.7 Å². The highest BCUT2D eigenvalue weighted by Gasteiger charge is 2.28. The van der Waals surface area contributed by atoms with Crippen LogP contribution in [-0.4, -0.2) is 12.1 Å². The van der Waals surface area contributed by atoms with Crippen molar-refractivity contribution in [1.29, 1.82) is 0 Å². The fraction of sp³-hybridized carbons (Fsp3) is 0.571. The van der Waals surface area contributed by atoms with Crippen LogP contribution in [0, 0.1) is 5.92 Å². The van der Waals surface area contributed by atoms with Crippen molar-refractivity contribution in [2.75, 3.05) is 6.54 Å². The number of alkyl halides is 3. The smallest absolute Gasteiger partial charge is 0.313 e. The van der Waals surface area contributed by atoms with Crippen LogP contribution in [0.5, 0.6) is 0 Å². The average molecular weight is 289 g/mol. The van der Waals surface area contributed by atoms with E-state index in [2.05, 4.69) is 5.32 Å². The van der Waals surface area contributed by atoms with Gasteiger partial charge in [-0.15, -0.1) is 0 Å². The lowest BCUT2D eigenvalue weighted by atomic mass is 9.83. The first-order valence-corrected chi connectivity index (χ1v) is 7.40. The molecule has 1 aromatic rings. The van der Waals surface area contributed by atoms with E-state index in [9.17, 15) is 13.2 Å². The van der Waals surface area contributed by atoms with Gasteiger partial charge in [0.15, 0.2) is 0 Å². The fourth-order valence-corrected chi connectivity index (χ4v) is 2.67. The maximum absolute atomic E-state index is 12.2. The quantitative estimate of drug-likeness (QED) is 0.608. The molecule has 0 radical (unpaired) electrons. The van der Waals surface area contributed by atoms with Gasteiger partial charge in [0, 0.05) is 11.4 Å². The molecule has 1 nitrogen and oxygen atoms in total. The highest BCUT2D eigenvalue weighted by molar-refractivity contribution is 8.00. The number of rotatable bonds is 6. The molecule has 2 rings (SSSR count). The third kappa shape index (κ3) is 5.45. The Kier molecular flexibility index (Phi) is 5.16. The molecule has 0 aromatic heterocycles. The van der Waals surface area contributed by atoms with E-state index in [0.29, 0.717) is 0 Å². The van der Waals surface area contributed by atoms with Gasteiger partial charge in [-0.1, -0.05) is 31.4 Å². The third-order valence-corrected chi connectivity index (χ3v) is 4.18. The zero-order valence-corrected chi connectivity index (χ0v) is 11.5. The highest BCUT2D eigenvalue weighted by atomic mass is 32.2. The minimum absolute atomic E-state index is 0.0681. The minimum Gasteiger partial charge on any atom is -0.313 e. The largest absolute Gasteiger partial charge is 0.446 e. The predicted octanol–water partition coefficient (Wildman–Crippen LogP) is 4.58. The second-order valence-corrected chi connectivity index (χ2v) is 6.09. The lowest BCUT2D eigenvalue weighted by molar-refractivity contribution is -0.0328. The van der Waals surface area contributed by atoms with Gasteiger partial charge >= 0.3 is 5.51 Å².